The third-order valence-electron chi connectivity index (χ3n) is 4.09. The molecule has 0 saturated carbocycles. The molecular formula is C20H18FN3O3S. The molecule has 3 aromatic carbocycles. The Hall–Kier alpha value is -3.10. The first kappa shape index (κ1) is 19.7. The van der Waals surface area contributed by atoms with Crippen molar-refractivity contribution in [3.8, 4) is 0 Å². The highest BCUT2D eigenvalue weighted by atomic mass is 32.2. The number of carbonyl (C=O) groups is 1. The summed E-state index contributed by atoms with van der Waals surface area (Å²) in [5.74, 6) is -1.11. The number of halogens is 1. The van der Waals surface area contributed by atoms with Gasteiger partial charge in [0.15, 0.2) is 0 Å². The summed E-state index contributed by atoms with van der Waals surface area (Å²) < 4.78 is 39.8. The lowest BCUT2D eigenvalue weighted by Crippen LogP contribution is -2.36. The van der Waals surface area contributed by atoms with E-state index in [1.54, 1.807) is 18.2 Å². The van der Waals surface area contributed by atoms with Crippen LogP contribution in [-0.4, -0.2) is 38.4 Å². The van der Waals surface area contributed by atoms with Crippen LogP contribution in [0.3, 0.4) is 0 Å². The Morgan fingerprint density at radius 3 is 2.50 bits per heavy atom. The maximum absolute atomic E-state index is 13.5. The maximum Gasteiger partial charge on any atom is 0.255 e. The van der Waals surface area contributed by atoms with E-state index in [1.807, 2.05) is 24.3 Å². The fourth-order valence-electron chi connectivity index (χ4n) is 2.58. The van der Waals surface area contributed by atoms with Crippen molar-refractivity contribution in [3.05, 3.63) is 78.1 Å². The Bertz CT molecular complexity index is 1150. The SMILES string of the molecule is CN(CC(=O)N/N=C/c1ccccc1F)S(=O)(=O)c1ccc2ccccc2c1. The van der Waals surface area contributed by atoms with Crippen LogP contribution in [0.25, 0.3) is 10.8 Å². The van der Waals surface area contributed by atoms with Crippen LogP contribution in [0.1, 0.15) is 5.56 Å². The molecule has 1 amide bonds. The Kier molecular flexibility index (Phi) is 5.81. The van der Waals surface area contributed by atoms with Crippen LogP contribution < -0.4 is 5.43 Å². The molecule has 3 rings (SSSR count). The minimum Gasteiger partial charge on any atom is -0.272 e. The molecule has 28 heavy (non-hydrogen) atoms. The van der Waals surface area contributed by atoms with E-state index in [9.17, 15) is 17.6 Å². The molecule has 0 radical (unpaired) electrons. The average Bonchev–Trinajstić information content (AvgIpc) is 2.69. The second-order valence-electron chi connectivity index (χ2n) is 6.08. The van der Waals surface area contributed by atoms with Gasteiger partial charge in [-0.05, 0) is 29.0 Å². The molecule has 1 N–H and O–H groups in total. The summed E-state index contributed by atoms with van der Waals surface area (Å²) in [4.78, 5) is 12.1. The van der Waals surface area contributed by atoms with Gasteiger partial charge in [0.25, 0.3) is 5.91 Å². The first-order valence-corrected chi connectivity index (χ1v) is 9.83. The fraction of sp³-hybridized carbons (Fsp3) is 0.100. The van der Waals surface area contributed by atoms with Crippen molar-refractivity contribution >= 4 is 32.9 Å². The lowest BCUT2D eigenvalue weighted by Gasteiger charge is -2.16. The number of hydrogen-bond acceptors (Lipinski definition) is 4. The van der Waals surface area contributed by atoms with Crippen LogP contribution in [0.4, 0.5) is 4.39 Å². The van der Waals surface area contributed by atoms with Gasteiger partial charge < -0.3 is 0 Å². The summed E-state index contributed by atoms with van der Waals surface area (Å²) in [6, 6.07) is 18.1. The summed E-state index contributed by atoms with van der Waals surface area (Å²) in [5.41, 5.74) is 2.41. The number of fused-ring (bicyclic) bond motifs is 1. The second kappa shape index (κ2) is 8.28. The zero-order chi connectivity index (χ0) is 20.1. The Labute approximate surface area is 162 Å². The van der Waals surface area contributed by atoms with E-state index in [1.165, 1.54) is 31.3 Å². The smallest absolute Gasteiger partial charge is 0.255 e. The van der Waals surface area contributed by atoms with Crippen LogP contribution in [0.5, 0.6) is 0 Å². The number of nitrogens with zero attached hydrogens (tertiary/aromatic N) is 2. The normalized spacial score (nSPS) is 12.0. The van der Waals surface area contributed by atoms with Crippen molar-refractivity contribution in [1.82, 2.24) is 9.73 Å². The van der Waals surface area contributed by atoms with E-state index in [0.29, 0.717) is 0 Å². The number of nitrogens with one attached hydrogen (secondary N) is 1. The van der Waals surface area contributed by atoms with E-state index in [2.05, 4.69) is 10.5 Å². The number of amides is 1. The summed E-state index contributed by atoms with van der Waals surface area (Å²) >= 11 is 0. The van der Waals surface area contributed by atoms with E-state index in [-0.39, 0.29) is 10.5 Å². The van der Waals surface area contributed by atoms with Crippen LogP contribution >= 0.6 is 0 Å². The van der Waals surface area contributed by atoms with E-state index >= 15 is 0 Å². The van der Waals surface area contributed by atoms with Crippen molar-refractivity contribution in [1.29, 1.82) is 0 Å². The number of carbonyl (C=O) groups excluding carboxylic acids is 1. The molecule has 0 bridgehead atoms. The van der Waals surface area contributed by atoms with Crippen molar-refractivity contribution in [2.75, 3.05) is 13.6 Å². The molecule has 0 aromatic heterocycles. The van der Waals surface area contributed by atoms with Gasteiger partial charge in [-0.15, -0.1) is 0 Å². The lowest BCUT2D eigenvalue weighted by molar-refractivity contribution is -0.121. The minimum absolute atomic E-state index is 0.0938. The number of rotatable bonds is 6. The van der Waals surface area contributed by atoms with Crippen LogP contribution in [0, 0.1) is 5.82 Å². The number of likely N-dealkylation sites (N-methyl/N-ethyl adjacent to an activating group) is 1. The van der Waals surface area contributed by atoms with E-state index < -0.39 is 28.3 Å². The lowest BCUT2D eigenvalue weighted by atomic mass is 10.1. The Morgan fingerprint density at radius 1 is 1.07 bits per heavy atom. The average molecular weight is 399 g/mol. The number of hydrazone groups is 1. The largest absolute Gasteiger partial charge is 0.272 e. The highest BCUT2D eigenvalue weighted by Gasteiger charge is 2.23. The van der Waals surface area contributed by atoms with Gasteiger partial charge in [0.1, 0.15) is 5.82 Å². The van der Waals surface area contributed by atoms with Gasteiger partial charge in [0.05, 0.1) is 17.7 Å². The topological polar surface area (TPSA) is 78.8 Å². The first-order chi connectivity index (χ1) is 13.4. The van der Waals surface area contributed by atoms with Gasteiger partial charge in [0.2, 0.25) is 10.0 Å². The number of benzene rings is 3. The minimum atomic E-state index is -3.85. The van der Waals surface area contributed by atoms with Crippen molar-refractivity contribution in [2.45, 2.75) is 4.90 Å². The van der Waals surface area contributed by atoms with Crippen LogP contribution in [-0.2, 0) is 14.8 Å². The monoisotopic (exact) mass is 399 g/mol. The molecule has 8 heteroatoms. The van der Waals surface area contributed by atoms with E-state index in [0.717, 1.165) is 21.3 Å². The second-order valence-corrected chi connectivity index (χ2v) is 8.13. The molecule has 0 saturated heterocycles. The van der Waals surface area contributed by atoms with Gasteiger partial charge in [0, 0.05) is 12.6 Å². The third-order valence-corrected chi connectivity index (χ3v) is 5.89. The molecule has 6 nitrogen and oxygen atoms in total. The molecule has 0 aliphatic heterocycles. The molecule has 0 aliphatic rings. The van der Waals surface area contributed by atoms with Gasteiger partial charge in [-0.1, -0.05) is 48.5 Å². The summed E-state index contributed by atoms with van der Waals surface area (Å²) in [5, 5.41) is 5.37. The Morgan fingerprint density at radius 2 is 1.75 bits per heavy atom. The molecule has 0 unspecified atom stereocenters. The molecule has 0 aliphatic carbocycles. The predicted molar refractivity (Wildman–Crippen MR) is 106 cm³/mol. The predicted octanol–water partition coefficient (Wildman–Crippen LogP) is 2.75. The standard InChI is InChI=1S/C20H18FN3O3S/c1-24(14-20(25)23-22-13-17-8-4-5-9-19(17)21)28(26,27)18-11-10-15-6-2-3-7-16(15)12-18/h2-13H,14H2,1H3,(H,23,25)/b22-13+. The summed E-state index contributed by atoms with van der Waals surface area (Å²) in [6.07, 6.45) is 1.16. The summed E-state index contributed by atoms with van der Waals surface area (Å²) in [7, 11) is -2.54. The molecule has 0 heterocycles. The zero-order valence-electron chi connectivity index (χ0n) is 15.0. The molecule has 144 valence electrons. The number of sulfonamides is 1. The molecular weight excluding hydrogens is 381 g/mol. The summed E-state index contributed by atoms with van der Waals surface area (Å²) in [6.45, 7) is -0.427. The van der Waals surface area contributed by atoms with Gasteiger partial charge >= 0.3 is 0 Å². The highest BCUT2D eigenvalue weighted by molar-refractivity contribution is 7.89. The fourth-order valence-corrected chi connectivity index (χ4v) is 3.75. The number of hydrogen-bond donors (Lipinski definition) is 1. The van der Waals surface area contributed by atoms with Crippen molar-refractivity contribution < 1.29 is 17.6 Å². The van der Waals surface area contributed by atoms with Gasteiger partial charge in [-0.3, -0.25) is 4.79 Å². The molecule has 0 atom stereocenters. The van der Waals surface area contributed by atoms with Gasteiger partial charge in [-0.2, -0.15) is 9.41 Å². The molecule has 0 spiro atoms. The molecule has 3 aromatic rings. The Balaban J connectivity index is 1.67. The van der Waals surface area contributed by atoms with Crippen LogP contribution in [0.2, 0.25) is 0 Å². The quantitative estimate of drug-likeness (QED) is 0.511. The van der Waals surface area contributed by atoms with Crippen molar-refractivity contribution in [2.24, 2.45) is 5.10 Å². The zero-order valence-corrected chi connectivity index (χ0v) is 15.9. The maximum atomic E-state index is 13.5. The third kappa shape index (κ3) is 4.41. The van der Waals surface area contributed by atoms with Crippen LogP contribution in [0.15, 0.2) is 76.7 Å². The van der Waals surface area contributed by atoms with E-state index in [4.69, 9.17) is 0 Å². The van der Waals surface area contributed by atoms with Crippen molar-refractivity contribution in [3.63, 3.8) is 0 Å². The highest BCUT2D eigenvalue weighted by Crippen LogP contribution is 2.21. The molecule has 0 fully saturated rings. The first-order valence-electron chi connectivity index (χ1n) is 8.39. The van der Waals surface area contributed by atoms with Gasteiger partial charge in [-0.25, -0.2) is 18.2 Å².